The minimum absolute atomic E-state index is 0.148. The number of sulfonamides is 1. The maximum absolute atomic E-state index is 12.7. The summed E-state index contributed by atoms with van der Waals surface area (Å²) >= 11 is 1.45. The number of carboxylic acids is 1. The average Bonchev–Trinajstić information content (AvgIpc) is 3.07. The molecule has 0 amide bonds. The standard InChI is InChI=1S/C18H22N2O4S2/c1-3-15(18(21)22)20-12-16-17(26(20,23)24)9-14(25-16)11-19(2)10-13-7-5-4-6-8-13/h4-9,15H,3,10-12H2,1-2H3,(H,21,22). The first-order valence-electron chi connectivity index (χ1n) is 8.41. The predicted molar refractivity (Wildman–Crippen MR) is 100 cm³/mol. The lowest BCUT2D eigenvalue weighted by Gasteiger charge is -2.21. The number of hydrogen-bond acceptors (Lipinski definition) is 5. The van der Waals surface area contributed by atoms with Gasteiger partial charge in [0.15, 0.2) is 0 Å². The van der Waals surface area contributed by atoms with Crippen LogP contribution in [0.15, 0.2) is 41.3 Å². The molecule has 1 aliphatic heterocycles. The van der Waals surface area contributed by atoms with Gasteiger partial charge in [0.2, 0.25) is 10.0 Å². The van der Waals surface area contributed by atoms with E-state index in [9.17, 15) is 18.3 Å². The van der Waals surface area contributed by atoms with Crippen LogP contribution in [0.5, 0.6) is 0 Å². The molecule has 0 saturated heterocycles. The highest BCUT2D eigenvalue weighted by molar-refractivity contribution is 7.89. The van der Waals surface area contributed by atoms with Crippen molar-refractivity contribution >= 4 is 27.3 Å². The molecule has 6 nitrogen and oxygen atoms in total. The van der Waals surface area contributed by atoms with Crippen LogP contribution in [0.1, 0.15) is 28.7 Å². The molecule has 0 saturated carbocycles. The number of carboxylic acid groups (broad SMARTS) is 1. The molecule has 0 spiro atoms. The molecule has 1 aromatic carbocycles. The number of hydrogen-bond donors (Lipinski definition) is 1. The van der Waals surface area contributed by atoms with E-state index >= 15 is 0 Å². The van der Waals surface area contributed by atoms with E-state index in [0.717, 1.165) is 20.6 Å². The van der Waals surface area contributed by atoms with Crippen molar-refractivity contribution in [1.82, 2.24) is 9.21 Å². The van der Waals surface area contributed by atoms with E-state index in [0.29, 0.717) is 6.54 Å². The van der Waals surface area contributed by atoms with E-state index < -0.39 is 22.0 Å². The van der Waals surface area contributed by atoms with E-state index in [-0.39, 0.29) is 17.9 Å². The maximum Gasteiger partial charge on any atom is 0.322 e. The minimum Gasteiger partial charge on any atom is -0.480 e. The summed E-state index contributed by atoms with van der Waals surface area (Å²) in [7, 11) is -1.74. The van der Waals surface area contributed by atoms with Crippen molar-refractivity contribution in [2.24, 2.45) is 0 Å². The Balaban J connectivity index is 1.74. The quantitative estimate of drug-likeness (QED) is 0.781. The third-order valence-electron chi connectivity index (χ3n) is 4.45. The number of benzene rings is 1. The van der Waals surface area contributed by atoms with Crippen LogP contribution < -0.4 is 0 Å². The Morgan fingerprint density at radius 1 is 1.31 bits per heavy atom. The molecule has 2 aromatic rings. The van der Waals surface area contributed by atoms with Crippen molar-refractivity contribution in [1.29, 1.82) is 0 Å². The Labute approximate surface area is 157 Å². The molecule has 140 valence electrons. The zero-order chi connectivity index (χ0) is 18.9. The van der Waals surface area contributed by atoms with Gasteiger partial charge in [-0.25, -0.2) is 8.42 Å². The van der Waals surface area contributed by atoms with Crippen molar-refractivity contribution in [3.63, 3.8) is 0 Å². The van der Waals surface area contributed by atoms with E-state index in [1.54, 1.807) is 13.0 Å². The van der Waals surface area contributed by atoms with Crippen LogP contribution in [0.4, 0.5) is 0 Å². The topological polar surface area (TPSA) is 77.9 Å². The van der Waals surface area contributed by atoms with E-state index in [1.807, 2.05) is 25.2 Å². The van der Waals surface area contributed by atoms with Gasteiger partial charge < -0.3 is 5.11 Å². The molecule has 1 aromatic heterocycles. The number of aliphatic carboxylic acids is 1. The zero-order valence-electron chi connectivity index (χ0n) is 14.8. The van der Waals surface area contributed by atoms with Gasteiger partial charge in [-0.15, -0.1) is 11.3 Å². The molecular weight excluding hydrogens is 372 g/mol. The fourth-order valence-corrected chi connectivity index (χ4v) is 6.73. The van der Waals surface area contributed by atoms with Gasteiger partial charge in [0, 0.05) is 22.8 Å². The molecule has 8 heteroatoms. The summed E-state index contributed by atoms with van der Waals surface area (Å²) in [5.41, 5.74) is 1.20. The van der Waals surface area contributed by atoms with Crippen LogP contribution in [0.3, 0.4) is 0 Å². The van der Waals surface area contributed by atoms with Gasteiger partial charge in [-0.3, -0.25) is 9.69 Å². The number of rotatable bonds is 7. The molecule has 3 rings (SSSR count). The predicted octanol–water partition coefficient (Wildman–Crippen LogP) is 2.75. The van der Waals surface area contributed by atoms with Gasteiger partial charge in [-0.2, -0.15) is 4.31 Å². The Hall–Kier alpha value is -1.74. The first-order valence-corrected chi connectivity index (χ1v) is 10.7. The van der Waals surface area contributed by atoms with E-state index in [4.69, 9.17) is 0 Å². The molecule has 26 heavy (non-hydrogen) atoms. The fraction of sp³-hybridized carbons (Fsp3) is 0.389. The fourth-order valence-electron chi connectivity index (χ4n) is 3.22. The normalized spacial score (nSPS) is 17.3. The summed E-state index contributed by atoms with van der Waals surface area (Å²) < 4.78 is 26.6. The molecule has 1 N–H and O–H groups in total. The molecule has 1 aliphatic rings. The average molecular weight is 395 g/mol. The highest BCUT2D eigenvalue weighted by Gasteiger charge is 2.42. The molecule has 2 heterocycles. The number of carbonyl (C=O) groups is 1. The van der Waals surface area contributed by atoms with Gasteiger partial charge in [0.1, 0.15) is 6.04 Å². The SMILES string of the molecule is CCC(C(=O)O)N1Cc2sc(CN(C)Cc3ccccc3)cc2S1(=O)=O. The second-order valence-electron chi connectivity index (χ2n) is 6.47. The third kappa shape index (κ3) is 3.68. The van der Waals surface area contributed by atoms with Crippen molar-refractivity contribution in [3.8, 4) is 0 Å². The van der Waals surface area contributed by atoms with Crippen LogP contribution in [0.2, 0.25) is 0 Å². The van der Waals surface area contributed by atoms with Crippen LogP contribution in [-0.2, 0) is 34.5 Å². The highest BCUT2D eigenvalue weighted by Crippen LogP contribution is 2.38. The number of fused-ring (bicyclic) bond motifs is 1. The van der Waals surface area contributed by atoms with Gasteiger partial charge in [0.05, 0.1) is 11.4 Å². The summed E-state index contributed by atoms with van der Waals surface area (Å²) in [5, 5.41) is 9.29. The lowest BCUT2D eigenvalue weighted by molar-refractivity contribution is -0.141. The Morgan fingerprint density at radius 3 is 2.58 bits per heavy atom. The van der Waals surface area contributed by atoms with Crippen molar-refractivity contribution in [2.45, 2.75) is 43.9 Å². The first kappa shape index (κ1) is 19.0. The number of nitrogens with zero attached hydrogens (tertiary/aromatic N) is 2. The summed E-state index contributed by atoms with van der Waals surface area (Å²) in [5.74, 6) is -1.10. The zero-order valence-corrected chi connectivity index (χ0v) is 16.4. The Bertz CT molecular complexity index is 893. The molecule has 0 radical (unpaired) electrons. The molecule has 0 bridgehead atoms. The Kier molecular flexibility index (Phi) is 5.47. The second kappa shape index (κ2) is 7.48. The Morgan fingerprint density at radius 2 is 2.00 bits per heavy atom. The largest absolute Gasteiger partial charge is 0.480 e. The molecule has 1 unspecified atom stereocenters. The molecule has 0 aliphatic carbocycles. The van der Waals surface area contributed by atoms with Crippen molar-refractivity contribution in [3.05, 3.63) is 51.7 Å². The number of thiophene rings is 1. The summed E-state index contributed by atoms with van der Waals surface area (Å²) in [6.07, 6.45) is 0.246. The van der Waals surface area contributed by atoms with Gasteiger partial charge in [-0.05, 0) is 25.1 Å². The van der Waals surface area contributed by atoms with Crippen molar-refractivity contribution < 1.29 is 18.3 Å². The van der Waals surface area contributed by atoms with E-state index in [1.165, 1.54) is 16.9 Å². The second-order valence-corrected chi connectivity index (χ2v) is 9.55. The lowest BCUT2D eigenvalue weighted by Crippen LogP contribution is -2.40. The molecule has 1 atom stereocenters. The van der Waals surface area contributed by atoms with E-state index in [2.05, 4.69) is 17.0 Å². The molecule has 0 fully saturated rings. The maximum atomic E-state index is 12.7. The molecular formula is C18H22N2O4S2. The first-order chi connectivity index (χ1) is 12.3. The summed E-state index contributed by atoms with van der Waals surface area (Å²) in [4.78, 5) is 15.5. The van der Waals surface area contributed by atoms with Crippen LogP contribution >= 0.6 is 11.3 Å². The van der Waals surface area contributed by atoms with Crippen molar-refractivity contribution in [2.75, 3.05) is 7.05 Å². The summed E-state index contributed by atoms with van der Waals surface area (Å²) in [6, 6.07) is 10.8. The van der Waals surface area contributed by atoms with Crippen LogP contribution in [0.25, 0.3) is 0 Å². The highest BCUT2D eigenvalue weighted by atomic mass is 32.2. The third-order valence-corrected chi connectivity index (χ3v) is 7.60. The van der Waals surface area contributed by atoms with Gasteiger partial charge >= 0.3 is 5.97 Å². The van der Waals surface area contributed by atoms with Gasteiger partial charge in [-0.1, -0.05) is 37.3 Å². The smallest absolute Gasteiger partial charge is 0.322 e. The summed E-state index contributed by atoms with van der Waals surface area (Å²) in [6.45, 7) is 3.26. The lowest BCUT2D eigenvalue weighted by atomic mass is 10.2. The van der Waals surface area contributed by atoms with Gasteiger partial charge in [0.25, 0.3) is 0 Å². The van der Waals surface area contributed by atoms with Crippen LogP contribution in [0, 0.1) is 0 Å². The minimum atomic E-state index is -3.73. The monoisotopic (exact) mass is 394 g/mol. The van der Waals surface area contributed by atoms with Crippen LogP contribution in [-0.4, -0.2) is 41.8 Å².